The number of ether oxygens (including phenoxy) is 2. The second kappa shape index (κ2) is 6.76. The molecule has 0 radical (unpaired) electrons. The van der Waals surface area contributed by atoms with Crippen LogP contribution in [0.1, 0.15) is 11.1 Å². The van der Waals surface area contributed by atoms with Gasteiger partial charge in [-0.15, -0.1) is 0 Å². The van der Waals surface area contributed by atoms with Gasteiger partial charge in [0.05, 0.1) is 18.6 Å². The molecule has 0 aromatic heterocycles. The van der Waals surface area contributed by atoms with Crippen molar-refractivity contribution in [3.63, 3.8) is 0 Å². The number of carboxylic acids is 1. The molecular formula is C13H15FO4. The van der Waals surface area contributed by atoms with Crippen LogP contribution in [0.3, 0.4) is 0 Å². The number of benzene rings is 1. The Labute approximate surface area is 105 Å². The van der Waals surface area contributed by atoms with E-state index in [4.69, 9.17) is 14.6 Å². The SMILES string of the molecule is C=C(F)c1c(CC(=O)O)cccc1OCCOC. The lowest BCUT2D eigenvalue weighted by Gasteiger charge is -2.13. The summed E-state index contributed by atoms with van der Waals surface area (Å²) in [5.74, 6) is -1.47. The lowest BCUT2D eigenvalue weighted by Crippen LogP contribution is -2.08. The van der Waals surface area contributed by atoms with E-state index < -0.39 is 11.8 Å². The molecule has 0 fully saturated rings. The maximum atomic E-state index is 13.4. The first-order chi connectivity index (χ1) is 8.56. The quantitative estimate of drug-likeness (QED) is 0.758. The summed E-state index contributed by atoms with van der Waals surface area (Å²) < 4.78 is 23.6. The summed E-state index contributed by atoms with van der Waals surface area (Å²) in [7, 11) is 1.53. The molecule has 0 spiro atoms. The van der Waals surface area contributed by atoms with E-state index in [0.29, 0.717) is 12.2 Å². The molecule has 4 nitrogen and oxygen atoms in total. The highest BCUT2D eigenvalue weighted by molar-refractivity contribution is 5.75. The number of halogens is 1. The molecule has 0 heterocycles. The number of carboxylic acid groups (broad SMARTS) is 1. The number of methoxy groups -OCH3 is 1. The maximum Gasteiger partial charge on any atom is 0.307 e. The summed E-state index contributed by atoms with van der Waals surface area (Å²) in [6.45, 7) is 3.83. The fraction of sp³-hybridized carbons (Fsp3) is 0.308. The molecule has 1 aromatic rings. The summed E-state index contributed by atoms with van der Waals surface area (Å²) in [6.07, 6.45) is -0.278. The molecule has 0 bridgehead atoms. The van der Waals surface area contributed by atoms with E-state index in [0.717, 1.165) is 0 Å². The van der Waals surface area contributed by atoms with Crippen LogP contribution in [0.25, 0.3) is 5.83 Å². The Kier molecular flexibility index (Phi) is 5.32. The Morgan fingerprint density at radius 2 is 2.17 bits per heavy atom. The van der Waals surface area contributed by atoms with Gasteiger partial charge in [-0.2, -0.15) is 0 Å². The van der Waals surface area contributed by atoms with Crippen LogP contribution >= 0.6 is 0 Å². The molecule has 0 atom stereocenters. The van der Waals surface area contributed by atoms with Gasteiger partial charge in [0.15, 0.2) is 0 Å². The summed E-state index contributed by atoms with van der Waals surface area (Å²) in [5, 5.41) is 8.77. The van der Waals surface area contributed by atoms with E-state index >= 15 is 0 Å². The normalized spacial score (nSPS) is 10.1. The number of aliphatic carboxylic acids is 1. The van der Waals surface area contributed by atoms with Gasteiger partial charge in [-0.3, -0.25) is 4.79 Å². The van der Waals surface area contributed by atoms with Crippen molar-refractivity contribution in [2.45, 2.75) is 6.42 Å². The van der Waals surface area contributed by atoms with E-state index in [-0.39, 0.29) is 24.3 Å². The van der Waals surface area contributed by atoms with Crippen molar-refractivity contribution in [2.24, 2.45) is 0 Å². The number of carbonyl (C=O) groups is 1. The van der Waals surface area contributed by atoms with Gasteiger partial charge >= 0.3 is 5.97 Å². The van der Waals surface area contributed by atoms with Crippen molar-refractivity contribution in [2.75, 3.05) is 20.3 Å². The predicted molar refractivity (Wildman–Crippen MR) is 65.3 cm³/mol. The van der Waals surface area contributed by atoms with E-state index in [2.05, 4.69) is 6.58 Å². The average molecular weight is 254 g/mol. The maximum absolute atomic E-state index is 13.4. The minimum atomic E-state index is -1.04. The Hall–Kier alpha value is -1.88. The zero-order valence-corrected chi connectivity index (χ0v) is 10.1. The first-order valence-corrected chi connectivity index (χ1v) is 5.36. The standard InChI is InChI=1S/C13H15FO4/c1-9(14)13-10(8-12(15)16)4-3-5-11(13)18-7-6-17-2/h3-5H,1,6-8H2,2H3,(H,15,16). The van der Waals surface area contributed by atoms with E-state index in [1.165, 1.54) is 13.2 Å². The van der Waals surface area contributed by atoms with Gasteiger partial charge in [0, 0.05) is 7.11 Å². The van der Waals surface area contributed by atoms with Crippen molar-refractivity contribution in [1.29, 1.82) is 0 Å². The van der Waals surface area contributed by atoms with Crippen LogP contribution in [0.4, 0.5) is 4.39 Å². The topological polar surface area (TPSA) is 55.8 Å². The van der Waals surface area contributed by atoms with Crippen LogP contribution in [0, 0.1) is 0 Å². The Morgan fingerprint density at radius 1 is 1.44 bits per heavy atom. The molecule has 0 amide bonds. The summed E-state index contributed by atoms with van der Waals surface area (Å²) >= 11 is 0. The molecule has 98 valence electrons. The molecule has 1 N–H and O–H groups in total. The van der Waals surface area contributed by atoms with Gasteiger partial charge in [0.2, 0.25) is 0 Å². The molecule has 1 aromatic carbocycles. The molecule has 0 saturated carbocycles. The highest BCUT2D eigenvalue weighted by Gasteiger charge is 2.15. The third kappa shape index (κ3) is 3.85. The first kappa shape index (κ1) is 14.2. The van der Waals surface area contributed by atoms with Gasteiger partial charge < -0.3 is 14.6 Å². The lowest BCUT2D eigenvalue weighted by molar-refractivity contribution is -0.136. The number of hydrogen-bond acceptors (Lipinski definition) is 3. The largest absolute Gasteiger partial charge is 0.490 e. The van der Waals surface area contributed by atoms with Crippen LogP contribution in [0.15, 0.2) is 24.8 Å². The van der Waals surface area contributed by atoms with Gasteiger partial charge in [0.1, 0.15) is 18.2 Å². The smallest absolute Gasteiger partial charge is 0.307 e. The van der Waals surface area contributed by atoms with E-state index in [1.807, 2.05) is 0 Å². The predicted octanol–water partition coefficient (Wildman–Crippen LogP) is 2.28. The molecule has 0 aliphatic rings. The third-order valence-electron chi connectivity index (χ3n) is 2.27. The molecule has 0 aliphatic carbocycles. The average Bonchev–Trinajstić information content (AvgIpc) is 2.28. The molecule has 0 saturated heterocycles. The Morgan fingerprint density at radius 3 is 2.72 bits per heavy atom. The molecule has 0 aliphatic heterocycles. The van der Waals surface area contributed by atoms with Gasteiger partial charge in [0.25, 0.3) is 0 Å². The molecule has 5 heteroatoms. The highest BCUT2D eigenvalue weighted by Crippen LogP contribution is 2.30. The van der Waals surface area contributed by atoms with Gasteiger partial charge in [-0.05, 0) is 11.6 Å². The van der Waals surface area contributed by atoms with Crippen molar-refractivity contribution in [1.82, 2.24) is 0 Å². The fourth-order valence-electron chi connectivity index (χ4n) is 1.55. The Balaban J connectivity index is 3.01. The third-order valence-corrected chi connectivity index (χ3v) is 2.27. The highest BCUT2D eigenvalue weighted by atomic mass is 19.1. The van der Waals surface area contributed by atoms with Crippen LogP contribution in [0.5, 0.6) is 5.75 Å². The second-order valence-corrected chi connectivity index (χ2v) is 3.61. The summed E-state index contributed by atoms with van der Waals surface area (Å²) in [6, 6.07) is 4.73. The molecule has 1 rings (SSSR count). The monoisotopic (exact) mass is 254 g/mol. The molecular weight excluding hydrogens is 239 g/mol. The molecule has 0 unspecified atom stereocenters. The van der Waals surface area contributed by atoms with Crippen molar-refractivity contribution in [3.05, 3.63) is 35.9 Å². The van der Waals surface area contributed by atoms with Crippen LogP contribution < -0.4 is 4.74 Å². The first-order valence-electron chi connectivity index (χ1n) is 5.36. The number of hydrogen-bond donors (Lipinski definition) is 1. The van der Waals surface area contributed by atoms with Crippen LogP contribution in [0.2, 0.25) is 0 Å². The Bertz CT molecular complexity index is 443. The lowest BCUT2D eigenvalue weighted by atomic mass is 10.0. The molecule has 18 heavy (non-hydrogen) atoms. The van der Waals surface area contributed by atoms with Crippen LogP contribution in [-0.4, -0.2) is 31.4 Å². The van der Waals surface area contributed by atoms with E-state index in [1.54, 1.807) is 12.1 Å². The van der Waals surface area contributed by atoms with Crippen LogP contribution in [-0.2, 0) is 16.0 Å². The zero-order valence-electron chi connectivity index (χ0n) is 10.1. The summed E-state index contributed by atoms with van der Waals surface area (Å²) in [4.78, 5) is 10.7. The van der Waals surface area contributed by atoms with Gasteiger partial charge in [-0.1, -0.05) is 18.7 Å². The second-order valence-electron chi connectivity index (χ2n) is 3.61. The minimum absolute atomic E-state index is 0.107. The minimum Gasteiger partial charge on any atom is -0.490 e. The van der Waals surface area contributed by atoms with Gasteiger partial charge in [-0.25, -0.2) is 4.39 Å². The number of rotatable bonds is 7. The van der Waals surface area contributed by atoms with Crippen molar-refractivity contribution < 1.29 is 23.8 Å². The fourth-order valence-corrected chi connectivity index (χ4v) is 1.55. The summed E-state index contributed by atoms with van der Waals surface area (Å²) in [5.41, 5.74) is 0.445. The van der Waals surface area contributed by atoms with E-state index in [9.17, 15) is 9.18 Å². The zero-order chi connectivity index (χ0) is 13.5. The van der Waals surface area contributed by atoms with Crippen molar-refractivity contribution >= 4 is 11.8 Å². The van der Waals surface area contributed by atoms with Crippen molar-refractivity contribution in [3.8, 4) is 5.75 Å².